The van der Waals surface area contributed by atoms with E-state index in [1.165, 1.54) is 19.3 Å². The van der Waals surface area contributed by atoms with E-state index in [4.69, 9.17) is 9.84 Å². The van der Waals surface area contributed by atoms with Gasteiger partial charge in [-0.2, -0.15) is 0 Å². The molecule has 3 rings (SSSR count). The summed E-state index contributed by atoms with van der Waals surface area (Å²) in [4.78, 5) is 11.8. The van der Waals surface area contributed by atoms with Crippen LogP contribution in [0.25, 0.3) is 0 Å². The van der Waals surface area contributed by atoms with Gasteiger partial charge in [-0.05, 0) is 52.4 Å². The Kier molecular flexibility index (Phi) is 5.73. The second-order valence-electron chi connectivity index (χ2n) is 6.89. The highest BCUT2D eigenvalue weighted by Crippen LogP contribution is 2.52. The first-order valence-corrected chi connectivity index (χ1v) is 9.34. The molecule has 1 aliphatic carbocycles. The van der Waals surface area contributed by atoms with Crippen LogP contribution in [0.1, 0.15) is 46.5 Å². The number of allylic oxidation sites excluding steroid dienone is 1. The summed E-state index contributed by atoms with van der Waals surface area (Å²) in [5, 5.41) is 12.6. The average Bonchev–Trinajstić information content (AvgIpc) is 2.67. The monoisotopic (exact) mass is 373 g/mol. The molecule has 126 valence electrons. The predicted molar refractivity (Wildman–Crippen MR) is 91.0 cm³/mol. The van der Waals surface area contributed by atoms with Gasteiger partial charge >= 0.3 is 0 Å². The van der Waals surface area contributed by atoms with Crippen LogP contribution in [-0.2, 0) is 9.53 Å². The second-order valence-corrected chi connectivity index (χ2v) is 7.68. The molecule has 4 nitrogen and oxygen atoms in total. The van der Waals surface area contributed by atoms with Gasteiger partial charge in [0.1, 0.15) is 5.60 Å². The van der Waals surface area contributed by atoms with E-state index in [0.29, 0.717) is 12.5 Å². The van der Waals surface area contributed by atoms with Crippen molar-refractivity contribution in [1.29, 1.82) is 0 Å². The van der Waals surface area contributed by atoms with E-state index >= 15 is 0 Å². The minimum atomic E-state index is -0.308. The lowest BCUT2D eigenvalue weighted by Crippen LogP contribution is -2.73. The van der Waals surface area contributed by atoms with E-state index in [-0.39, 0.29) is 29.1 Å². The van der Waals surface area contributed by atoms with Gasteiger partial charge in [-0.25, -0.2) is 0 Å². The fourth-order valence-electron chi connectivity index (χ4n) is 3.77. The lowest BCUT2D eigenvalue weighted by Gasteiger charge is -2.57. The van der Waals surface area contributed by atoms with E-state index in [0.717, 1.165) is 11.8 Å². The van der Waals surface area contributed by atoms with Crippen LogP contribution in [0.4, 0.5) is 0 Å². The molecule has 0 aromatic rings. The number of carbonyl (C=O) groups is 1. The highest BCUT2D eigenvalue weighted by molar-refractivity contribution is 9.09. The van der Waals surface area contributed by atoms with Crippen molar-refractivity contribution in [2.75, 3.05) is 11.9 Å². The number of fused-ring (bicyclic) bond motifs is 1. The van der Waals surface area contributed by atoms with Gasteiger partial charge in [0.15, 0.2) is 0 Å². The Morgan fingerprint density at radius 2 is 2.23 bits per heavy atom. The Hall–Kier alpha value is -0.390. The number of aliphatic hydroxyl groups excluding tert-OH is 1. The van der Waals surface area contributed by atoms with Crippen LogP contribution in [0.15, 0.2) is 12.2 Å². The number of rotatable bonds is 3. The maximum absolute atomic E-state index is 11.8. The number of alkyl halides is 1. The topological polar surface area (TPSA) is 58.6 Å². The zero-order valence-corrected chi connectivity index (χ0v) is 15.4. The minimum absolute atomic E-state index is 0.0110. The van der Waals surface area contributed by atoms with Crippen LogP contribution in [0.5, 0.6) is 0 Å². The molecule has 5 heteroatoms. The number of amides is 1. The van der Waals surface area contributed by atoms with Crippen molar-refractivity contribution in [3.05, 3.63) is 12.2 Å². The Balaban J connectivity index is 0.000000188. The van der Waals surface area contributed by atoms with E-state index in [9.17, 15) is 4.79 Å². The van der Waals surface area contributed by atoms with Gasteiger partial charge < -0.3 is 15.2 Å². The Labute approximate surface area is 141 Å². The summed E-state index contributed by atoms with van der Waals surface area (Å²) in [6.45, 7) is 6.46. The second kappa shape index (κ2) is 7.02. The molecule has 0 aromatic heterocycles. The molecule has 2 N–H and O–H groups in total. The Bertz CT molecular complexity index is 442. The number of carbonyl (C=O) groups excluding carboxylic acids is 1. The van der Waals surface area contributed by atoms with Crippen molar-refractivity contribution in [3.63, 3.8) is 0 Å². The zero-order chi connectivity index (χ0) is 16.4. The fourth-order valence-corrected chi connectivity index (χ4v) is 4.22. The molecule has 2 heterocycles. The number of ether oxygens (including phenoxy) is 1. The molecular formula is C17H28BrNO3. The van der Waals surface area contributed by atoms with Gasteiger partial charge in [0.2, 0.25) is 5.91 Å². The highest BCUT2D eigenvalue weighted by atomic mass is 79.9. The summed E-state index contributed by atoms with van der Waals surface area (Å²) >= 11 is 3.38. The van der Waals surface area contributed by atoms with Crippen molar-refractivity contribution in [1.82, 2.24) is 5.32 Å². The molecule has 1 unspecified atom stereocenters. The SMILES string of the molecule is CC1O[C@@]2(C)[C@@H](CCBr)C(=O)N[C@@]12C.OC[C@@H]1C=CCCC1. The third kappa shape index (κ3) is 3.00. The number of hydrogen-bond acceptors (Lipinski definition) is 3. The molecular weight excluding hydrogens is 346 g/mol. The first kappa shape index (κ1) is 18.0. The Morgan fingerprint density at radius 3 is 2.64 bits per heavy atom. The maximum Gasteiger partial charge on any atom is 0.226 e. The van der Waals surface area contributed by atoms with Crippen LogP contribution in [0.2, 0.25) is 0 Å². The third-order valence-electron chi connectivity index (χ3n) is 5.62. The summed E-state index contributed by atoms with van der Waals surface area (Å²) in [7, 11) is 0. The molecule has 0 bridgehead atoms. The maximum atomic E-state index is 11.8. The molecule has 5 atom stereocenters. The molecule has 2 saturated heterocycles. The molecule has 1 amide bonds. The first-order valence-electron chi connectivity index (χ1n) is 8.22. The van der Waals surface area contributed by atoms with Crippen molar-refractivity contribution >= 4 is 21.8 Å². The summed E-state index contributed by atoms with van der Waals surface area (Å²) < 4.78 is 5.78. The molecule has 0 saturated carbocycles. The van der Waals surface area contributed by atoms with Crippen molar-refractivity contribution < 1.29 is 14.6 Å². The van der Waals surface area contributed by atoms with Crippen molar-refractivity contribution in [2.45, 2.75) is 63.7 Å². The molecule has 0 radical (unpaired) electrons. The summed E-state index contributed by atoms with van der Waals surface area (Å²) in [6.07, 6.45) is 8.86. The first-order chi connectivity index (χ1) is 10.4. The normalized spacial score (nSPS) is 42.8. The third-order valence-corrected chi connectivity index (χ3v) is 6.07. The lowest BCUT2D eigenvalue weighted by atomic mass is 9.69. The van der Waals surface area contributed by atoms with E-state index < -0.39 is 0 Å². The zero-order valence-electron chi connectivity index (χ0n) is 13.8. The largest absolute Gasteiger partial charge is 0.396 e. The van der Waals surface area contributed by atoms with Gasteiger partial charge in [-0.3, -0.25) is 4.79 Å². The standard InChI is InChI=1S/C10H16BrNO2.C7H12O/c1-6-9(2)10(3,14-6)7(4-5-11)8(13)12-9;8-6-7-4-2-1-3-5-7/h6-7H,4-5H2,1-3H3,(H,12,13);2,4,7-8H,1,3,5-6H2/t6?,7-,9-,10-;7-/m01/s1. The van der Waals surface area contributed by atoms with Crippen LogP contribution in [-0.4, -0.2) is 40.2 Å². The van der Waals surface area contributed by atoms with Gasteiger partial charge in [0.05, 0.1) is 17.6 Å². The van der Waals surface area contributed by atoms with Crippen LogP contribution >= 0.6 is 15.9 Å². The van der Waals surface area contributed by atoms with Crippen LogP contribution in [0, 0.1) is 11.8 Å². The number of nitrogens with one attached hydrogen (secondary N) is 1. The van der Waals surface area contributed by atoms with Gasteiger partial charge in [-0.15, -0.1) is 0 Å². The van der Waals surface area contributed by atoms with E-state index in [1.54, 1.807) is 0 Å². The molecule has 0 aromatic carbocycles. The van der Waals surface area contributed by atoms with E-state index in [1.807, 2.05) is 13.8 Å². The molecule has 2 aliphatic heterocycles. The molecule has 0 spiro atoms. The summed E-state index contributed by atoms with van der Waals surface area (Å²) in [5.74, 6) is 0.589. The smallest absolute Gasteiger partial charge is 0.226 e. The van der Waals surface area contributed by atoms with E-state index in [2.05, 4.69) is 40.3 Å². The number of halogens is 1. The quantitative estimate of drug-likeness (QED) is 0.590. The van der Waals surface area contributed by atoms with Gasteiger partial charge in [-0.1, -0.05) is 28.1 Å². The summed E-state index contributed by atoms with van der Waals surface area (Å²) in [5.41, 5.74) is -0.478. The fraction of sp³-hybridized carbons (Fsp3) is 0.824. The predicted octanol–water partition coefficient (Wildman–Crippen LogP) is 2.79. The molecule has 3 aliphatic rings. The average molecular weight is 374 g/mol. The summed E-state index contributed by atoms with van der Waals surface area (Å²) in [6, 6.07) is 0. The number of hydrogen-bond donors (Lipinski definition) is 2. The van der Waals surface area contributed by atoms with Gasteiger partial charge in [0, 0.05) is 11.9 Å². The Morgan fingerprint density at radius 1 is 1.50 bits per heavy atom. The van der Waals surface area contributed by atoms with Crippen LogP contribution < -0.4 is 5.32 Å². The molecule has 2 fully saturated rings. The van der Waals surface area contributed by atoms with Crippen molar-refractivity contribution in [2.24, 2.45) is 11.8 Å². The lowest BCUT2D eigenvalue weighted by molar-refractivity contribution is -0.259. The number of aliphatic hydroxyl groups is 1. The van der Waals surface area contributed by atoms with Gasteiger partial charge in [0.25, 0.3) is 0 Å². The molecule has 22 heavy (non-hydrogen) atoms. The minimum Gasteiger partial charge on any atom is -0.396 e. The highest BCUT2D eigenvalue weighted by Gasteiger charge is 2.70. The van der Waals surface area contributed by atoms with Crippen molar-refractivity contribution in [3.8, 4) is 0 Å². The van der Waals surface area contributed by atoms with Crippen LogP contribution in [0.3, 0.4) is 0 Å².